The zero-order chi connectivity index (χ0) is 10.1. The van der Waals surface area contributed by atoms with Crippen LogP contribution in [0.2, 0.25) is 0 Å². The summed E-state index contributed by atoms with van der Waals surface area (Å²) in [5.41, 5.74) is 0.960. The van der Waals surface area contributed by atoms with E-state index in [4.69, 9.17) is 4.74 Å². The molecule has 2 rings (SSSR count). The summed E-state index contributed by atoms with van der Waals surface area (Å²) in [5.74, 6) is 0.0983. The van der Waals surface area contributed by atoms with Gasteiger partial charge in [-0.05, 0) is 25.0 Å². The molecule has 1 aliphatic rings. The van der Waals surface area contributed by atoms with Crippen molar-refractivity contribution in [3.63, 3.8) is 0 Å². The average Bonchev–Trinajstić information content (AvgIpc) is 2.92. The largest absolute Gasteiger partial charge is 0.487 e. The Kier molecular flexibility index (Phi) is 2.32. The minimum Gasteiger partial charge on any atom is -0.487 e. The lowest BCUT2D eigenvalue weighted by Crippen LogP contribution is -2.09. The Morgan fingerprint density at radius 1 is 1.36 bits per heavy atom. The van der Waals surface area contributed by atoms with E-state index in [1.807, 2.05) is 19.0 Å². The summed E-state index contributed by atoms with van der Waals surface area (Å²) >= 11 is 0. The van der Waals surface area contributed by atoms with Gasteiger partial charge in [0.2, 0.25) is 0 Å². The Labute approximate surface area is 83.3 Å². The number of rotatable bonds is 3. The van der Waals surface area contributed by atoms with Crippen molar-refractivity contribution in [1.29, 1.82) is 0 Å². The number of nitrogens with zero attached hydrogens (tertiary/aromatic N) is 1. The lowest BCUT2D eigenvalue weighted by molar-refractivity contribution is 0.287. The van der Waals surface area contributed by atoms with Gasteiger partial charge >= 0.3 is 0 Å². The number of hydrogen-bond acceptors (Lipinski definition) is 2. The van der Waals surface area contributed by atoms with Gasteiger partial charge in [0, 0.05) is 25.8 Å². The van der Waals surface area contributed by atoms with Crippen molar-refractivity contribution in [2.75, 3.05) is 19.0 Å². The van der Waals surface area contributed by atoms with Crippen LogP contribution in [0.1, 0.15) is 12.8 Å². The van der Waals surface area contributed by atoms with Crippen LogP contribution in [0, 0.1) is 5.82 Å². The summed E-state index contributed by atoms with van der Waals surface area (Å²) in [6.07, 6.45) is 2.33. The van der Waals surface area contributed by atoms with Crippen molar-refractivity contribution in [1.82, 2.24) is 0 Å². The maximum Gasteiger partial charge on any atom is 0.165 e. The highest BCUT2D eigenvalue weighted by molar-refractivity contribution is 5.50. The molecule has 76 valence electrons. The van der Waals surface area contributed by atoms with Crippen molar-refractivity contribution < 1.29 is 9.13 Å². The first-order valence-electron chi connectivity index (χ1n) is 4.80. The Bertz CT molecular complexity index is 334. The molecule has 0 aliphatic heterocycles. The maximum absolute atomic E-state index is 13.3. The van der Waals surface area contributed by atoms with Gasteiger partial charge in [0.1, 0.15) is 0 Å². The molecule has 0 amide bonds. The number of ether oxygens (including phenoxy) is 1. The quantitative estimate of drug-likeness (QED) is 0.734. The second kappa shape index (κ2) is 3.48. The summed E-state index contributed by atoms with van der Waals surface area (Å²) in [5, 5.41) is 0. The van der Waals surface area contributed by atoms with Gasteiger partial charge in [-0.2, -0.15) is 0 Å². The minimum atomic E-state index is -0.275. The second-order valence-electron chi connectivity index (χ2n) is 3.83. The second-order valence-corrected chi connectivity index (χ2v) is 3.83. The monoisotopic (exact) mass is 195 g/mol. The molecule has 0 N–H and O–H groups in total. The summed E-state index contributed by atoms with van der Waals surface area (Å²) in [4.78, 5) is 1.93. The fourth-order valence-electron chi connectivity index (χ4n) is 1.23. The van der Waals surface area contributed by atoms with E-state index in [1.54, 1.807) is 12.1 Å². The van der Waals surface area contributed by atoms with Crippen LogP contribution in [0.15, 0.2) is 18.2 Å². The van der Waals surface area contributed by atoms with Crippen LogP contribution < -0.4 is 9.64 Å². The normalized spacial score (nSPS) is 15.4. The molecule has 0 atom stereocenters. The highest BCUT2D eigenvalue weighted by atomic mass is 19.1. The molecule has 1 aromatic carbocycles. The number of benzene rings is 1. The smallest absolute Gasteiger partial charge is 0.165 e. The van der Waals surface area contributed by atoms with Crippen LogP contribution in [-0.4, -0.2) is 20.2 Å². The molecule has 1 saturated carbocycles. The Balaban J connectivity index is 2.21. The maximum atomic E-state index is 13.3. The van der Waals surface area contributed by atoms with Gasteiger partial charge in [0.15, 0.2) is 11.6 Å². The van der Waals surface area contributed by atoms with Gasteiger partial charge in [-0.25, -0.2) is 4.39 Å². The SMILES string of the molecule is CN(C)c1ccc(F)c(OC2CC2)c1. The van der Waals surface area contributed by atoms with E-state index in [9.17, 15) is 4.39 Å². The molecule has 0 saturated heterocycles. The predicted octanol–water partition coefficient (Wildman–Crippen LogP) is 2.43. The molecule has 0 aromatic heterocycles. The van der Waals surface area contributed by atoms with E-state index in [-0.39, 0.29) is 11.9 Å². The van der Waals surface area contributed by atoms with Crippen LogP contribution in [0.5, 0.6) is 5.75 Å². The zero-order valence-corrected chi connectivity index (χ0v) is 8.46. The molecule has 2 nitrogen and oxygen atoms in total. The first-order valence-corrected chi connectivity index (χ1v) is 4.80. The minimum absolute atomic E-state index is 0.238. The average molecular weight is 195 g/mol. The lowest BCUT2D eigenvalue weighted by Gasteiger charge is -2.14. The van der Waals surface area contributed by atoms with Crippen molar-refractivity contribution >= 4 is 5.69 Å². The summed E-state index contributed by atoms with van der Waals surface area (Å²) in [6, 6.07) is 4.94. The third kappa shape index (κ3) is 1.97. The van der Waals surface area contributed by atoms with Crippen molar-refractivity contribution in [3.05, 3.63) is 24.0 Å². The summed E-state index contributed by atoms with van der Waals surface area (Å²) in [7, 11) is 3.85. The highest BCUT2D eigenvalue weighted by Crippen LogP contribution is 2.30. The molecule has 0 unspecified atom stereocenters. The van der Waals surface area contributed by atoms with Gasteiger partial charge in [-0.1, -0.05) is 0 Å². The molecule has 0 bridgehead atoms. The van der Waals surface area contributed by atoms with Gasteiger partial charge in [0.25, 0.3) is 0 Å². The van der Waals surface area contributed by atoms with Crippen LogP contribution >= 0.6 is 0 Å². The van der Waals surface area contributed by atoms with E-state index in [1.165, 1.54) is 6.07 Å². The van der Waals surface area contributed by atoms with Crippen LogP contribution in [0.4, 0.5) is 10.1 Å². The van der Waals surface area contributed by atoms with E-state index < -0.39 is 0 Å². The van der Waals surface area contributed by atoms with E-state index in [2.05, 4.69) is 0 Å². The molecule has 0 spiro atoms. The van der Waals surface area contributed by atoms with Gasteiger partial charge < -0.3 is 9.64 Å². The molecule has 0 heterocycles. The molecular formula is C11H14FNO. The zero-order valence-electron chi connectivity index (χ0n) is 8.46. The fourth-order valence-corrected chi connectivity index (χ4v) is 1.23. The number of anilines is 1. The molecule has 1 aliphatic carbocycles. The van der Waals surface area contributed by atoms with Gasteiger partial charge in [-0.15, -0.1) is 0 Å². The summed E-state index contributed by atoms with van der Waals surface area (Å²) in [6.45, 7) is 0. The lowest BCUT2D eigenvalue weighted by atomic mass is 10.3. The van der Waals surface area contributed by atoms with Crippen molar-refractivity contribution in [3.8, 4) is 5.75 Å². The molecule has 0 radical (unpaired) electrons. The van der Waals surface area contributed by atoms with Gasteiger partial charge in [-0.3, -0.25) is 0 Å². The third-order valence-corrected chi connectivity index (χ3v) is 2.25. The predicted molar refractivity (Wildman–Crippen MR) is 54.4 cm³/mol. The standard InChI is InChI=1S/C11H14FNO/c1-13(2)8-3-6-10(12)11(7-8)14-9-4-5-9/h3,6-7,9H,4-5H2,1-2H3. The van der Waals surface area contributed by atoms with Crippen molar-refractivity contribution in [2.45, 2.75) is 18.9 Å². The van der Waals surface area contributed by atoms with Crippen LogP contribution in [-0.2, 0) is 0 Å². The fraction of sp³-hybridized carbons (Fsp3) is 0.455. The Hall–Kier alpha value is -1.25. The van der Waals surface area contributed by atoms with Crippen LogP contribution in [0.25, 0.3) is 0 Å². The van der Waals surface area contributed by atoms with E-state index >= 15 is 0 Å². The summed E-state index contributed by atoms with van der Waals surface area (Å²) < 4.78 is 18.7. The molecule has 3 heteroatoms. The first-order chi connectivity index (χ1) is 6.66. The van der Waals surface area contributed by atoms with E-state index in [0.717, 1.165) is 18.5 Å². The molecule has 1 fully saturated rings. The molecule has 1 aromatic rings. The molecule has 14 heavy (non-hydrogen) atoms. The van der Waals surface area contributed by atoms with Crippen molar-refractivity contribution in [2.24, 2.45) is 0 Å². The number of hydrogen-bond donors (Lipinski definition) is 0. The Morgan fingerprint density at radius 3 is 2.64 bits per heavy atom. The third-order valence-electron chi connectivity index (χ3n) is 2.25. The molecular weight excluding hydrogens is 181 g/mol. The number of halogens is 1. The topological polar surface area (TPSA) is 12.5 Å². The van der Waals surface area contributed by atoms with Gasteiger partial charge in [0.05, 0.1) is 6.10 Å². The van der Waals surface area contributed by atoms with E-state index in [0.29, 0.717) is 5.75 Å². The highest BCUT2D eigenvalue weighted by Gasteiger charge is 2.24. The first kappa shape index (κ1) is 9.31. The van der Waals surface area contributed by atoms with Crippen LogP contribution in [0.3, 0.4) is 0 Å². The Morgan fingerprint density at radius 2 is 2.07 bits per heavy atom.